The summed E-state index contributed by atoms with van der Waals surface area (Å²) in [7, 11) is -3.68. The number of hydrogen-bond donors (Lipinski definition) is 1. The van der Waals surface area contributed by atoms with Gasteiger partial charge in [-0.1, -0.05) is 6.07 Å². The van der Waals surface area contributed by atoms with Crippen molar-refractivity contribution >= 4 is 21.8 Å². The molecule has 0 unspecified atom stereocenters. The van der Waals surface area contributed by atoms with Crippen LogP contribution in [0.25, 0.3) is 0 Å². The van der Waals surface area contributed by atoms with Gasteiger partial charge in [0.05, 0.1) is 4.90 Å². The Hall–Kier alpha value is -2.78. The Labute approximate surface area is 181 Å². The maximum atomic E-state index is 13.0. The van der Waals surface area contributed by atoms with Crippen LogP contribution < -0.4 is 4.72 Å². The Morgan fingerprint density at radius 3 is 2.16 bits per heavy atom. The number of amides is 2. The molecular formula is C22H26FN3O4S. The third-order valence-corrected chi connectivity index (χ3v) is 6.89. The number of piperazine rings is 1. The van der Waals surface area contributed by atoms with E-state index in [1.54, 1.807) is 28.0 Å². The van der Waals surface area contributed by atoms with Crippen LogP contribution in [0.2, 0.25) is 0 Å². The summed E-state index contributed by atoms with van der Waals surface area (Å²) in [4.78, 5) is 28.3. The summed E-state index contributed by atoms with van der Waals surface area (Å²) in [5.74, 6) is -0.773. The molecule has 2 amide bonds. The average Bonchev–Trinajstić information content (AvgIpc) is 2.75. The van der Waals surface area contributed by atoms with Gasteiger partial charge < -0.3 is 9.80 Å². The number of rotatable bonds is 6. The lowest BCUT2D eigenvalue weighted by molar-refractivity contribution is -0.132. The molecule has 1 aliphatic rings. The largest absolute Gasteiger partial charge is 0.339 e. The lowest BCUT2D eigenvalue weighted by Crippen LogP contribution is -2.51. The van der Waals surface area contributed by atoms with Crippen molar-refractivity contribution in [2.75, 3.05) is 32.7 Å². The average molecular weight is 448 g/mol. The lowest BCUT2D eigenvalue weighted by atomic mass is 10.1. The summed E-state index contributed by atoms with van der Waals surface area (Å²) < 4.78 is 40.3. The Morgan fingerprint density at radius 1 is 0.935 bits per heavy atom. The van der Waals surface area contributed by atoms with E-state index >= 15 is 0 Å². The summed E-state index contributed by atoms with van der Waals surface area (Å²) in [5.41, 5.74) is 2.29. The number of carbonyl (C=O) groups is 2. The van der Waals surface area contributed by atoms with Crippen molar-refractivity contribution < 1.29 is 22.4 Å². The standard InChI is InChI=1S/C22H26FN3O4S/c1-16-3-8-20(15-17(16)2)31(29,30)24-10-9-21(27)25-11-13-26(14-12-25)22(28)18-4-6-19(23)7-5-18/h3-8,15,24H,9-14H2,1-2H3. The number of sulfonamides is 1. The van der Waals surface area contributed by atoms with E-state index in [1.165, 1.54) is 24.3 Å². The summed E-state index contributed by atoms with van der Waals surface area (Å²) in [6.07, 6.45) is 0.0377. The number of benzene rings is 2. The van der Waals surface area contributed by atoms with Gasteiger partial charge in [0.15, 0.2) is 0 Å². The first-order valence-corrected chi connectivity index (χ1v) is 11.6. The van der Waals surface area contributed by atoms with Crippen molar-refractivity contribution in [2.45, 2.75) is 25.2 Å². The summed E-state index contributed by atoms with van der Waals surface area (Å²) in [6.45, 7) is 5.24. The summed E-state index contributed by atoms with van der Waals surface area (Å²) in [6, 6.07) is 10.3. The van der Waals surface area contributed by atoms with E-state index in [0.717, 1.165) is 11.1 Å². The van der Waals surface area contributed by atoms with Gasteiger partial charge in [0, 0.05) is 44.7 Å². The second kappa shape index (κ2) is 9.57. The zero-order valence-corrected chi connectivity index (χ0v) is 18.4. The van der Waals surface area contributed by atoms with Gasteiger partial charge >= 0.3 is 0 Å². The quantitative estimate of drug-likeness (QED) is 0.735. The van der Waals surface area contributed by atoms with E-state index in [1.807, 2.05) is 13.8 Å². The molecule has 1 saturated heterocycles. The molecule has 0 bridgehead atoms. The molecule has 1 heterocycles. The summed E-state index contributed by atoms with van der Waals surface area (Å²) in [5, 5.41) is 0. The zero-order valence-electron chi connectivity index (χ0n) is 17.6. The Bertz CT molecular complexity index is 1060. The molecule has 1 aliphatic heterocycles. The zero-order chi connectivity index (χ0) is 22.6. The predicted octanol–water partition coefficient (Wildman–Crippen LogP) is 2.10. The molecule has 0 aromatic heterocycles. The van der Waals surface area contributed by atoms with Crippen LogP contribution in [0.3, 0.4) is 0 Å². The molecule has 0 radical (unpaired) electrons. The molecule has 1 fully saturated rings. The molecule has 9 heteroatoms. The predicted molar refractivity (Wildman–Crippen MR) is 115 cm³/mol. The van der Waals surface area contributed by atoms with Crippen molar-refractivity contribution in [1.82, 2.24) is 14.5 Å². The molecule has 31 heavy (non-hydrogen) atoms. The van der Waals surface area contributed by atoms with Crippen LogP contribution in [0.15, 0.2) is 47.4 Å². The fourth-order valence-corrected chi connectivity index (χ4v) is 4.47. The van der Waals surface area contributed by atoms with Crippen LogP contribution in [-0.4, -0.2) is 62.8 Å². The molecular weight excluding hydrogens is 421 g/mol. The number of halogens is 1. The number of hydrogen-bond acceptors (Lipinski definition) is 4. The van der Waals surface area contributed by atoms with Crippen molar-refractivity contribution in [2.24, 2.45) is 0 Å². The first-order chi connectivity index (χ1) is 14.7. The molecule has 0 aliphatic carbocycles. The topological polar surface area (TPSA) is 86.8 Å². The van der Waals surface area contributed by atoms with Gasteiger partial charge in [0.1, 0.15) is 5.82 Å². The van der Waals surface area contributed by atoms with Crippen LogP contribution in [0, 0.1) is 19.7 Å². The van der Waals surface area contributed by atoms with E-state index in [4.69, 9.17) is 0 Å². The van der Waals surface area contributed by atoms with Crippen molar-refractivity contribution in [3.8, 4) is 0 Å². The Balaban J connectivity index is 1.47. The number of carbonyl (C=O) groups excluding carboxylic acids is 2. The molecule has 0 spiro atoms. The van der Waals surface area contributed by atoms with Crippen molar-refractivity contribution in [1.29, 1.82) is 0 Å². The van der Waals surface area contributed by atoms with Crippen LogP contribution in [-0.2, 0) is 14.8 Å². The van der Waals surface area contributed by atoms with Crippen LogP contribution in [0.5, 0.6) is 0 Å². The molecule has 1 N–H and O–H groups in total. The first-order valence-electron chi connectivity index (χ1n) is 10.1. The van der Waals surface area contributed by atoms with Gasteiger partial charge in [-0.3, -0.25) is 9.59 Å². The molecule has 166 valence electrons. The molecule has 2 aromatic rings. The van der Waals surface area contributed by atoms with Gasteiger partial charge in [-0.2, -0.15) is 0 Å². The third-order valence-electron chi connectivity index (χ3n) is 5.43. The molecule has 3 rings (SSSR count). The van der Waals surface area contributed by atoms with E-state index < -0.39 is 15.8 Å². The first kappa shape index (κ1) is 22.9. The highest BCUT2D eigenvalue weighted by atomic mass is 32.2. The highest BCUT2D eigenvalue weighted by molar-refractivity contribution is 7.89. The minimum absolute atomic E-state index is 0.00279. The van der Waals surface area contributed by atoms with Crippen molar-refractivity contribution in [3.63, 3.8) is 0 Å². The molecule has 2 aromatic carbocycles. The number of aryl methyl sites for hydroxylation is 2. The fraction of sp³-hybridized carbons (Fsp3) is 0.364. The number of nitrogens with one attached hydrogen (secondary N) is 1. The van der Waals surface area contributed by atoms with Gasteiger partial charge in [-0.05, 0) is 61.4 Å². The van der Waals surface area contributed by atoms with E-state index in [0.29, 0.717) is 31.7 Å². The second-order valence-corrected chi connectivity index (χ2v) is 9.34. The molecule has 7 nitrogen and oxygen atoms in total. The van der Waals surface area contributed by atoms with Crippen molar-refractivity contribution in [3.05, 3.63) is 65.0 Å². The smallest absolute Gasteiger partial charge is 0.253 e. The second-order valence-electron chi connectivity index (χ2n) is 7.57. The van der Waals surface area contributed by atoms with E-state index in [-0.39, 0.29) is 29.7 Å². The molecule has 0 saturated carbocycles. The van der Waals surface area contributed by atoms with Crippen LogP contribution in [0.4, 0.5) is 4.39 Å². The minimum Gasteiger partial charge on any atom is -0.339 e. The fourth-order valence-electron chi connectivity index (χ4n) is 3.35. The maximum Gasteiger partial charge on any atom is 0.253 e. The third kappa shape index (κ3) is 5.68. The highest BCUT2D eigenvalue weighted by Gasteiger charge is 2.25. The van der Waals surface area contributed by atoms with Crippen LogP contribution in [0.1, 0.15) is 27.9 Å². The van der Waals surface area contributed by atoms with Gasteiger partial charge in [-0.25, -0.2) is 17.5 Å². The summed E-state index contributed by atoms with van der Waals surface area (Å²) >= 11 is 0. The SMILES string of the molecule is Cc1ccc(S(=O)(=O)NCCC(=O)N2CCN(C(=O)c3ccc(F)cc3)CC2)cc1C. The van der Waals surface area contributed by atoms with Gasteiger partial charge in [0.25, 0.3) is 5.91 Å². The maximum absolute atomic E-state index is 13.0. The van der Waals surface area contributed by atoms with Crippen LogP contribution >= 0.6 is 0 Å². The highest BCUT2D eigenvalue weighted by Crippen LogP contribution is 2.15. The monoisotopic (exact) mass is 447 g/mol. The number of nitrogens with zero attached hydrogens (tertiary/aromatic N) is 2. The van der Waals surface area contributed by atoms with Gasteiger partial charge in [0.2, 0.25) is 15.9 Å². The van der Waals surface area contributed by atoms with Gasteiger partial charge in [-0.15, -0.1) is 0 Å². The van der Waals surface area contributed by atoms with E-state index in [9.17, 15) is 22.4 Å². The van der Waals surface area contributed by atoms with E-state index in [2.05, 4.69) is 4.72 Å². The Kier molecular flexibility index (Phi) is 7.07. The minimum atomic E-state index is -3.68. The lowest BCUT2D eigenvalue weighted by Gasteiger charge is -2.35. The Morgan fingerprint density at radius 2 is 1.55 bits per heavy atom. The normalized spacial score (nSPS) is 14.5. The molecule has 0 atom stereocenters.